The van der Waals surface area contributed by atoms with E-state index in [1.807, 2.05) is 44.4 Å². The summed E-state index contributed by atoms with van der Waals surface area (Å²) in [4.78, 5) is 14.7. The number of hydrogen-bond donors (Lipinski definition) is 1. The van der Waals surface area contributed by atoms with Crippen molar-refractivity contribution in [1.29, 1.82) is 0 Å². The van der Waals surface area contributed by atoms with Crippen LogP contribution in [0.4, 0.5) is 0 Å². The van der Waals surface area contributed by atoms with Gasteiger partial charge in [0, 0.05) is 12.1 Å². The summed E-state index contributed by atoms with van der Waals surface area (Å²) in [6, 6.07) is 16.5. The molecule has 4 heteroatoms. The van der Waals surface area contributed by atoms with Gasteiger partial charge in [-0.05, 0) is 43.8 Å². The zero-order chi connectivity index (χ0) is 18.5. The minimum absolute atomic E-state index is 0.0727. The highest BCUT2D eigenvalue weighted by atomic mass is 16.5. The Morgan fingerprint density at radius 1 is 1.15 bits per heavy atom. The smallest absolute Gasteiger partial charge is 0.250 e. The normalized spacial score (nSPS) is 14.2. The first kappa shape index (κ1) is 18.2. The maximum absolute atomic E-state index is 12.6. The van der Waals surface area contributed by atoms with Crippen molar-refractivity contribution >= 4 is 12.0 Å². The fraction of sp³-hybridized carbons (Fsp3) is 0.318. The molecule has 1 aliphatic rings. The molecule has 1 N–H and O–H groups in total. The Hall–Kier alpha value is -2.59. The van der Waals surface area contributed by atoms with Gasteiger partial charge in [-0.1, -0.05) is 49.4 Å². The molecule has 2 aromatic carbocycles. The zero-order valence-electron chi connectivity index (χ0n) is 15.7. The van der Waals surface area contributed by atoms with Crippen molar-refractivity contribution in [3.05, 3.63) is 70.8 Å². The fourth-order valence-corrected chi connectivity index (χ4v) is 3.12. The van der Waals surface area contributed by atoms with Crippen LogP contribution in [0.5, 0.6) is 5.75 Å². The van der Waals surface area contributed by atoms with Crippen molar-refractivity contribution in [2.75, 3.05) is 27.2 Å². The second kappa shape index (κ2) is 8.19. The van der Waals surface area contributed by atoms with E-state index in [9.17, 15) is 4.79 Å². The minimum Gasteiger partial charge on any atom is -0.488 e. The molecule has 0 spiro atoms. The summed E-state index contributed by atoms with van der Waals surface area (Å²) in [6.07, 6.45) is 2.94. The summed E-state index contributed by atoms with van der Waals surface area (Å²) in [5.74, 6) is 0.753. The Labute approximate surface area is 155 Å². The standard InChI is InChI=1S/C22H26N2O2/c1-4-16-9-11-17(12-10-16)20(24(2)3)14-23-22(25)19-13-18-7-5-6-8-21(18)26-15-19/h5-13,20H,4,14-15H2,1-3H3,(H,23,25). The third kappa shape index (κ3) is 4.14. The van der Waals surface area contributed by atoms with Crippen LogP contribution in [0.1, 0.15) is 29.7 Å². The summed E-state index contributed by atoms with van der Waals surface area (Å²) >= 11 is 0. The third-order valence-corrected chi connectivity index (χ3v) is 4.78. The number of rotatable bonds is 6. The first-order valence-electron chi connectivity index (χ1n) is 9.04. The van der Waals surface area contributed by atoms with Crippen LogP contribution in [-0.4, -0.2) is 38.1 Å². The number of ether oxygens (including phenoxy) is 1. The average Bonchev–Trinajstić information content (AvgIpc) is 2.67. The van der Waals surface area contributed by atoms with Gasteiger partial charge in [-0.2, -0.15) is 0 Å². The van der Waals surface area contributed by atoms with Gasteiger partial charge >= 0.3 is 0 Å². The van der Waals surface area contributed by atoms with E-state index in [-0.39, 0.29) is 11.9 Å². The molecule has 0 aliphatic carbocycles. The van der Waals surface area contributed by atoms with Crippen LogP contribution in [0.15, 0.2) is 54.1 Å². The van der Waals surface area contributed by atoms with E-state index in [4.69, 9.17) is 4.74 Å². The molecule has 1 atom stereocenters. The van der Waals surface area contributed by atoms with Gasteiger partial charge < -0.3 is 15.0 Å². The highest BCUT2D eigenvalue weighted by Crippen LogP contribution is 2.26. The number of nitrogens with one attached hydrogen (secondary N) is 1. The second-order valence-electron chi connectivity index (χ2n) is 6.78. The molecule has 0 aromatic heterocycles. The lowest BCUT2D eigenvalue weighted by Gasteiger charge is -2.26. The highest BCUT2D eigenvalue weighted by Gasteiger charge is 2.19. The number of nitrogens with zero attached hydrogens (tertiary/aromatic N) is 1. The maximum atomic E-state index is 12.6. The van der Waals surface area contributed by atoms with Gasteiger partial charge in [-0.25, -0.2) is 0 Å². The Morgan fingerprint density at radius 2 is 1.88 bits per heavy atom. The van der Waals surface area contributed by atoms with E-state index in [0.717, 1.165) is 17.7 Å². The van der Waals surface area contributed by atoms with Crippen LogP contribution in [0.2, 0.25) is 0 Å². The molecule has 0 saturated heterocycles. The summed E-state index contributed by atoms with van der Waals surface area (Å²) < 4.78 is 5.68. The number of hydrogen-bond acceptors (Lipinski definition) is 3. The Morgan fingerprint density at radius 3 is 2.58 bits per heavy atom. The Kier molecular flexibility index (Phi) is 5.74. The molecule has 136 valence electrons. The van der Waals surface area contributed by atoms with Crippen LogP contribution < -0.4 is 10.1 Å². The van der Waals surface area contributed by atoms with E-state index in [2.05, 4.69) is 41.4 Å². The van der Waals surface area contributed by atoms with Crippen LogP contribution >= 0.6 is 0 Å². The van der Waals surface area contributed by atoms with Gasteiger partial charge in [-0.15, -0.1) is 0 Å². The van der Waals surface area contributed by atoms with Crippen LogP contribution in [-0.2, 0) is 11.2 Å². The lowest BCUT2D eigenvalue weighted by Crippen LogP contribution is -2.36. The van der Waals surface area contributed by atoms with E-state index < -0.39 is 0 Å². The molecule has 2 aromatic rings. The lowest BCUT2D eigenvalue weighted by atomic mass is 10.0. The van der Waals surface area contributed by atoms with Crippen LogP contribution in [0, 0.1) is 0 Å². The number of carbonyl (C=O) groups excluding carboxylic acids is 1. The number of carbonyl (C=O) groups is 1. The number of fused-ring (bicyclic) bond motifs is 1. The molecule has 1 amide bonds. The molecule has 26 heavy (non-hydrogen) atoms. The molecule has 0 fully saturated rings. The molecular formula is C22H26N2O2. The fourth-order valence-electron chi connectivity index (χ4n) is 3.12. The molecule has 0 bridgehead atoms. The van der Waals surface area contributed by atoms with Crippen LogP contribution in [0.3, 0.4) is 0 Å². The topological polar surface area (TPSA) is 41.6 Å². The first-order chi connectivity index (χ1) is 12.6. The lowest BCUT2D eigenvalue weighted by molar-refractivity contribution is -0.118. The summed E-state index contributed by atoms with van der Waals surface area (Å²) in [6.45, 7) is 3.01. The van der Waals surface area contributed by atoms with Crippen molar-refractivity contribution in [2.45, 2.75) is 19.4 Å². The maximum Gasteiger partial charge on any atom is 0.250 e. The van der Waals surface area contributed by atoms with Crippen molar-refractivity contribution < 1.29 is 9.53 Å². The zero-order valence-corrected chi connectivity index (χ0v) is 15.7. The van der Waals surface area contributed by atoms with Gasteiger partial charge in [0.1, 0.15) is 12.4 Å². The van der Waals surface area contributed by atoms with E-state index in [1.54, 1.807) is 0 Å². The Balaban J connectivity index is 1.67. The number of likely N-dealkylation sites (N-methyl/N-ethyl adjacent to an activating group) is 1. The van der Waals surface area contributed by atoms with E-state index >= 15 is 0 Å². The van der Waals surface area contributed by atoms with E-state index in [1.165, 1.54) is 11.1 Å². The highest BCUT2D eigenvalue weighted by molar-refractivity contribution is 5.99. The van der Waals surface area contributed by atoms with Gasteiger partial charge in [0.15, 0.2) is 0 Å². The quantitative estimate of drug-likeness (QED) is 0.868. The van der Waals surface area contributed by atoms with Gasteiger partial charge in [-0.3, -0.25) is 4.79 Å². The van der Waals surface area contributed by atoms with Crippen LogP contribution in [0.25, 0.3) is 6.08 Å². The van der Waals surface area contributed by atoms with Crippen molar-refractivity contribution in [3.63, 3.8) is 0 Å². The molecule has 0 radical (unpaired) electrons. The predicted molar refractivity (Wildman–Crippen MR) is 105 cm³/mol. The summed E-state index contributed by atoms with van der Waals surface area (Å²) in [5.41, 5.74) is 4.12. The first-order valence-corrected chi connectivity index (χ1v) is 9.04. The minimum atomic E-state index is -0.0727. The van der Waals surface area contributed by atoms with E-state index in [0.29, 0.717) is 18.7 Å². The number of para-hydroxylation sites is 1. The van der Waals surface area contributed by atoms with Crippen molar-refractivity contribution in [1.82, 2.24) is 10.2 Å². The summed E-state index contributed by atoms with van der Waals surface area (Å²) in [7, 11) is 4.06. The van der Waals surface area contributed by atoms with Crippen molar-refractivity contribution in [2.24, 2.45) is 0 Å². The number of aryl methyl sites for hydroxylation is 1. The molecule has 1 heterocycles. The number of amides is 1. The molecule has 0 saturated carbocycles. The molecule has 3 rings (SSSR count). The largest absolute Gasteiger partial charge is 0.488 e. The Bertz CT molecular complexity index is 794. The summed E-state index contributed by atoms with van der Waals surface area (Å²) in [5, 5.41) is 3.06. The third-order valence-electron chi connectivity index (χ3n) is 4.78. The SMILES string of the molecule is CCc1ccc(C(CNC(=O)C2=Cc3ccccc3OC2)N(C)C)cc1. The second-order valence-corrected chi connectivity index (χ2v) is 6.78. The monoisotopic (exact) mass is 350 g/mol. The van der Waals surface area contributed by atoms with Gasteiger partial charge in [0.2, 0.25) is 0 Å². The predicted octanol–water partition coefficient (Wildman–Crippen LogP) is 3.44. The van der Waals surface area contributed by atoms with Gasteiger partial charge in [0.05, 0.1) is 11.6 Å². The molecular weight excluding hydrogens is 324 g/mol. The molecule has 4 nitrogen and oxygen atoms in total. The number of benzene rings is 2. The average molecular weight is 350 g/mol. The molecule has 1 unspecified atom stereocenters. The van der Waals surface area contributed by atoms with Crippen molar-refractivity contribution in [3.8, 4) is 5.75 Å². The molecule has 1 aliphatic heterocycles. The van der Waals surface area contributed by atoms with Gasteiger partial charge in [0.25, 0.3) is 5.91 Å².